The number of carbonyl (C=O) groups is 1. The maximum atomic E-state index is 12.7. The Kier molecular flexibility index (Phi) is 6.26. The lowest BCUT2D eigenvalue weighted by Gasteiger charge is -2.15. The topological polar surface area (TPSA) is 79.8 Å². The Bertz CT molecular complexity index is 1020. The van der Waals surface area contributed by atoms with Gasteiger partial charge in [-0.15, -0.1) is 5.10 Å². The van der Waals surface area contributed by atoms with Gasteiger partial charge < -0.3 is 5.32 Å². The molecule has 0 bridgehead atoms. The van der Waals surface area contributed by atoms with E-state index in [4.69, 9.17) is 11.6 Å². The number of benzene rings is 2. The second-order valence-electron chi connectivity index (χ2n) is 6.57. The number of aromatic amines is 1. The molecule has 0 aliphatic heterocycles. The highest BCUT2D eigenvalue weighted by molar-refractivity contribution is 8.00. The van der Waals surface area contributed by atoms with E-state index in [0.717, 1.165) is 16.7 Å². The van der Waals surface area contributed by atoms with Crippen molar-refractivity contribution >= 4 is 35.0 Å². The molecule has 0 radical (unpaired) electrons. The first-order valence-corrected chi connectivity index (χ1v) is 10.0. The van der Waals surface area contributed by atoms with E-state index in [1.807, 2.05) is 56.3 Å². The van der Waals surface area contributed by atoms with Crippen molar-refractivity contribution in [1.82, 2.24) is 14.8 Å². The molecule has 1 atom stereocenters. The molecule has 0 unspecified atom stereocenters. The second kappa shape index (κ2) is 8.67. The largest absolute Gasteiger partial charge is 0.344 e. The van der Waals surface area contributed by atoms with Gasteiger partial charge in [0, 0.05) is 0 Å². The second-order valence-corrected chi connectivity index (χ2v) is 8.29. The van der Waals surface area contributed by atoms with E-state index >= 15 is 0 Å². The zero-order valence-corrected chi connectivity index (χ0v) is 17.4. The van der Waals surface area contributed by atoms with Crippen LogP contribution >= 0.6 is 23.4 Å². The predicted octanol–water partition coefficient (Wildman–Crippen LogP) is 4.01. The molecule has 2 aromatic carbocycles. The number of amides is 1. The number of carbonyl (C=O) groups excluding carboxylic acids is 1. The molecule has 0 saturated heterocycles. The monoisotopic (exact) mass is 416 g/mol. The van der Waals surface area contributed by atoms with Crippen molar-refractivity contribution in [2.24, 2.45) is 0 Å². The summed E-state index contributed by atoms with van der Waals surface area (Å²) in [6, 6.07) is 13.4. The summed E-state index contributed by atoms with van der Waals surface area (Å²) in [5, 5.41) is 9.91. The summed E-state index contributed by atoms with van der Waals surface area (Å²) in [5.41, 5.74) is 3.21. The van der Waals surface area contributed by atoms with Crippen molar-refractivity contribution in [1.29, 1.82) is 0 Å². The molecule has 0 fully saturated rings. The minimum absolute atomic E-state index is 0.208. The van der Waals surface area contributed by atoms with Crippen LogP contribution in [0.1, 0.15) is 23.6 Å². The number of nitrogens with one attached hydrogen (secondary N) is 2. The van der Waals surface area contributed by atoms with Gasteiger partial charge in [-0.2, -0.15) is 0 Å². The highest BCUT2D eigenvalue weighted by Gasteiger charge is 2.20. The number of halogens is 1. The average Bonchev–Trinajstić information content (AvgIpc) is 2.98. The van der Waals surface area contributed by atoms with Crippen LogP contribution in [0, 0.1) is 13.8 Å². The number of nitrogens with zero attached hydrogens (tertiary/aromatic N) is 2. The van der Waals surface area contributed by atoms with E-state index in [2.05, 4.69) is 15.5 Å². The number of hydrogen-bond acceptors (Lipinski definition) is 4. The smallest absolute Gasteiger partial charge is 0.324 e. The summed E-state index contributed by atoms with van der Waals surface area (Å²) in [6.45, 7) is 6.00. The molecule has 1 aromatic heterocycles. The summed E-state index contributed by atoms with van der Waals surface area (Å²) >= 11 is 7.50. The Labute approximate surface area is 172 Å². The highest BCUT2D eigenvalue weighted by Crippen LogP contribution is 2.29. The summed E-state index contributed by atoms with van der Waals surface area (Å²) in [4.78, 5) is 24.8. The van der Waals surface area contributed by atoms with Crippen LogP contribution in [0.3, 0.4) is 0 Å². The van der Waals surface area contributed by atoms with Crippen molar-refractivity contribution in [3.8, 4) is 0 Å². The first-order valence-electron chi connectivity index (χ1n) is 8.78. The molecule has 0 saturated carbocycles. The molecule has 0 aliphatic rings. The minimum Gasteiger partial charge on any atom is -0.324 e. The Morgan fingerprint density at radius 2 is 2.00 bits per heavy atom. The van der Waals surface area contributed by atoms with Gasteiger partial charge in [0.05, 0.1) is 22.5 Å². The zero-order valence-electron chi connectivity index (χ0n) is 15.8. The maximum Gasteiger partial charge on any atom is 0.344 e. The van der Waals surface area contributed by atoms with Crippen molar-refractivity contribution in [3.63, 3.8) is 0 Å². The number of hydrogen-bond donors (Lipinski definition) is 2. The zero-order chi connectivity index (χ0) is 20.3. The van der Waals surface area contributed by atoms with E-state index in [9.17, 15) is 9.59 Å². The van der Waals surface area contributed by atoms with Crippen molar-refractivity contribution < 1.29 is 4.79 Å². The van der Waals surface area contributed by atoms with Gasteiger partial charge in [0.1, 0.15) is 0 Å². The van der Waals surface area contributed by atoms with E-state index in [1.54, 1.807) is 6.92 Å². The number of aryl methyl sites for hydroxylation is 2. The highest BCUT2D eigenvalue weighted by atomic mass is 35.5. The van der Waals surface area contributed by atoms with E-state index < -0.39 is 5.25 Å². The molecule has 2 N–H and O–H groups in total. The van der Waals surface area contributed by atoms with Gasteiger partial charge in [-0.25, -0.2) is 9.89 Å². The average molecular weight is 417 g/mol. The van der Waals surface area contributed by atoms with Gasteiger partial charge in [0.25, 0.3) is 0 Å². The standard InChI is InChI=1S/C20H21ClN4O2S/c1-12-9-13(2)17(16(21)10-12)22-18(26)14(3)28-20-24-23-19(27)25(20)11-15-7-5-4-6-8-15/h4-10,14H,11H2,1-3H3,(H,22,26)(H,23,27)/t14-/m1/s1. The molecule has 3 aromatic rings. The number of H-pyrrole nitrogens is 1. The number of rotatable bonds is 6. The van der Waals surface area contributed by atoms with Crippen LogP contribution in [0.5, 0.6) is 0 Å². The van der Waals surface area contributed by atoms with Gasteiger partial charge in [-0.1, -0.05) is 59.8 Å². The molecule has 0 aliphatic carbocycles. The minimum atomic E-state index is -0.471. The van der Waals surface area contributed by atoms with Crippen LogP contribution in [0.2, 0.25) is 5.02 Å². The third-order valence-corrected chi connectivity index (χ3v) is 5.63. The lowest BCUT2D eigenvalue weighted by atomic mass is 10.1. The van der Waals surface area contributed by atoms with Gasteiger partial charge in [0.15, 0.2) is 5.16 Å². The Morgan fingerprint density at radius 1 is 1.29 bits per heavy atom. The fourth-order valence-electron chi connectivity index (χ4n) is 2.81. The first-order chi connectivity index (χ1) is 13.3. The number of thioether (sulfide) groups is 1. The molecule has 8 heteroatoms. The SMILES string of the molecule is Cc1cc(C)c(NC(=O)[C@@H](C)Sc2n[nH]c(=O)n2Cc2ccccc2)c(Cl)c1. The molecule has 6 nitrogen and oxygen atoms in total. The van der Waals surface area contributed by atoms with Crippen molar-refractivity contribution in [3.05, 3.63) is 74.7 Å². The van der Waals surface area contributed by atoms with Crippen LogP contribution < -0.4 is 11.0 Å². The fraction of sp³-hybridized carbons (Fsp3) is 0.250. The summed E-state index contributed by atoms with van der Waals surface area (Å²) in [5.74, 6) is -0.208. The normalized spacial score (nSPS) is 12.0. The molecule has 3 rings (SSSR count). The van der Waals surface area contributed by atoms with Gasteiger partial charge in [-0.05, 0) is 43.5 Å². The Morgan fingerprint density at radius 3 is 2.68 bits per heavy atom. The van der Waals surface area contributed by atoms with Gasteiger partial charge >= 0.3 is 5.69 Å². The van der Waals surface area contributed by atoms with Crippen LogP contribution in [-0.4, -0.2) is 25.9 Å². The molecular weight excluding hydrogens is 396 g/mol. The quantitative estimate of drug-likeness (QED) is 0.595. The summed E-state index contributed by atoms with van der Waals surface area (Å²) in [7, 11) is 0. The third-order valence-electron chi connectivity index (χ3n) is 4.24. The predicted molar refractivity (Wildman–Crippen MR) is 113 cm³/mol. The summed E-state index contributed by atoms with van der Waals surface area (Å²) in [6.07, 6.45) is 0. The molecule has 0 spiro atoms. The first kappa shape index (κ1) is 20.2. The Balaban J connectivity index is 1.74. The lowest BCUT2D eigenvalue weighted by molar-refractivity contribution is -0.115. The maximum absolute atomic E-state index is 12.7. The van der Waals surface area contributed by atoms with Crippen molar-refractivity contribution in [2.45, 2.75) is 37.7 Å². The molecule has 146 valence electrons. The number of anilines is 1. The van der Waals surface area contributed by atoms with Gasteiger partial charge in [0.2, 0.25) is 5.91 Å². The van der Waals surface area contributed by atoms with E-state index in [1.165, 1.54) is 16.3 Å². The fourth-order valence-corrected chi connectivity index (χ4v) is 4.03. The van der Waals surface area contributed by atoms with E-state index in [-0.39, 0.29) is 11.6 Å². The van der Waals surface area contributed by atoms with Crippen molar-refractivity contribution in [2.75, 3.05) is 5.32 Å². The summed E-state index contributed by atoms with van der Waals surface area (Å²) < 4.78 is 1.52. The number of aromatic nitrogens is 3. The van der Waals surface area contributed by atoms with Crippen LogP contribution in [0.25, 0.3) is 0 Å². The van der Waals surface area contributed by atoms with Crippen LogP contribution in [-0.2, 0) is 11.3 Å². The molecule has 1 heterocycles. The van der Waals surface area contributed by atoms with Crippen LogP contribution in [0.4, 0.5) is 5.69 Å². The van der Waals surface area contributed by atoms with Crippen LogP contribution in [0.15, 0.2) is 52.4 Å². The third kappa shape index (κ3) is 4.66. The van der Waals surface area contributed by atoms with Gasteiger partial charge in [-0.3, -0.25) is 9.36 Å². The lowest BCUT2D eigenvalue weighted by Crippen LogP contribution is -2.24. The van der Waals surface area contributed by atoms with E-state index in [0.29, 0.717) is 22.4 Å². The molecular formula is C20H21ClN4O2S. The molecule has 28 heavy (non-hydrogen) atoms. The molecule has 1 amide bonds. The Hall–Kier alpha value is -2.51.